The summed E-state index contributed by atoms with van der Waals surface area (Å²) >= 11 is 0. The molecule has 170 valence electrons. The van der Waals surface area contributed by atoms with Crippen LogP contribution in [0.1, 0.15) is 18.9 Å². The van der Waals surface area contributed by atoms with Gasteiger partial charge in [-0.25, -0.2) is 4.98 Å². The third kappa shape index (κ3) is 6.56. The van der Waals surface area contributed by atoms with E-state index in [1.54, 1.807) is 0 Å². The Bertz CT molecular complexity index is 858. The smallest absolute Gasteiger partial charge is 0.129 e. The fourth-order valence-electron chi connectivity index (χ4n) is 4.05. The highest BCUT2D eigenvalue weighted by Gasteiger charge is 2.14. The predicted octanol–water partition coefficient (Wildman–Crippen LogP) is 2.44. The number of piperazine rings is 1. The molecule has 4 N–H and O–H groups in total. The molecule has 0 atom stereocenters. The van der Waals surface area contributed by atoms with Gasteiger partial charge >= 0.3 is 0 Å². The molecular formula is C24H39N7. The minimum atomic E-state index is 0.614. The molecule has 2 heterocycles. The second kappa shape index (κ2) is 11.3. The van der Waals surface area contributed by atoms with E-state index in [2.05, 4.69) is 70.0 Å². The van der Waals surface area contributed by atoms with Crippen molar-refractivity contribution in [2.24, 2.45) is 5.73 Å². The molecule has 3 rings (SSSR count). The Balaban J connectivity index is 1.48. The SMILES string of the molecule is C=C(NCCCN1CCN(CC)CC1)Nc1ccc2nc(N(C)CCN)cc(C)c2c1. The maximum Gasteiger partial charge on any atom is 0.129 e. The van der Waals surface area contributed by atoms with Crippen LogP contribution < -0.4 is 21.3 Å². The first-order valence-electron chi connectivity index (χ1n) is 11.5. The van der Waals surface area contributed by atoms with E-state index in [0.29, 0.717) is 6.54 Å². The van der Waals surface area contributed by atoms with E-state index >= 15 is 0 Å². The molecule has 1 fully saturated rings. The van der Waals surface area contributed by atoms with Gasteiger partial charge in [0.2, 0.25) is 0 Å². The second-order valence-corrected chi connectivity index (χ2v) is 8.40. The molecular weight excluding hydrogens is 386 g/mol. The monoisotopic (exact) mass is 425 g/mol. The lowest BCUT2D eigenvalue weighted by molar-refractivity contribution is 0.136. The molecule has 1 saturated heterocycles. The third-order valence-electron chi connectivity index (χ3n) is 6.05. The van der Waals surface area contributed by atoms with Gasteiger partial charge in [0.15, 0.2) is 0 Å². The summed E-state index contributed by atoms with van der Waals surface area (Å²) < 4.78 is 0. The molecule has 1 aliphatic rings. The van der Waals surface area contributed by atoms with Gasteiger partial charge in [0.05, 0.1) is 11.3 Å². The van der Waals surface area contributed by atoms with Crippen molar-refractivity contribution in [3.05, 3.63) is 42.2 Å². The van der Waals surface area contributed by atoms with Gasteiger partial charge in [0.25, 0.3) is 0 Å². The number of aryl methyl sites for hydroxylation is 1. The summed E-state index contributed by atoms with van der Waals surface area (Å²) in [5, 5.41) is 7.95. The Morgan fingerprint density at radius 3 is 2.65 bits per heavy atom. The maximum atomic E-state index is 5.68. The standard InChI is InChI=1S/C24H39N7/c1-5-30-13-15-31(16-14-30)11-6-10-26-20(3)27-21-7-8-23-22(18-21)19(2)17-24(28-23)29(4)12-9-25/h7-8,17-18,26-27H,3,5-6,9-16,25H2,1-2,4H3. The summed E-state index contributed by atoms with van der Waals surface area (Å²) in [5.74, 6) is 1.79. The van der Waals surface area contributed by atoms with Gasteiger partial charge in [-0.05, 0) is 56.3 Å². The molecule has 0 bridgehead atoms. The first-order valence-corrected chi connectivity index (χ1v) is 11.5. The maximum absolute atomic E-state index is 5.68. The lowest BCUT2D eigenvalue weighted by atomic mass is 10.1. The van der Waals surface area contributed by atoms with E-state index in [4.69, 9.17) is 10.7 Å². The van der Waals surface area contributed by atoms with Crippen molar-refractivity contribution in [2.75, 3.05) is 76.2 Å². The van der Waals surface area contributed by atoms with Gasteiger partial charge in [-0.1, -0.05) is 13.5 Å². The molecule has 31 heavy (non-hydrogen) atoms. The molecule has 0 radical (unpaired) electrons. The predicted molar refractivity (Wildman–Crippen MR) is 133 cm³/mol. The second-order valence-electron chi connectivity index (χ2n) is 8.40. The number of nitrogens with zero attached hydrogens (tertiary/aromatic N) is 4. The number of hydrogen-bond acceptors (Lipinski definition) is 7. The number of nitrogens with two attached hydrogens (primary N) is 1. The highest BCUT2D eigenvalue weighted by atomic mass is 15.3. The molecule has 1 aromatic heterocycles. The molecule has 1 aliphatic heterocycles. The largest absolute Gasteiger partial charge is 0.372 e. The first-order chi connectivity index (χ1) is 15.0. The van der Waals surface area contributed by atoms with Crippen LogP contribution in [0, 0.1) is 6.92 Å². The molecule has 0 spiro atoms. The zero-order valence-corrected chi connectivity index (χ0v) is 19.5. The summed E-state index contributed by atoms with van der Waals surface area (Å²) in [6.07, 6.45) is 1.12. The number of nitrogens with one attached hydrogen (secondary N) is 2. The fourth-order valence-corrected chi connectivity index (χ4v) is 4.05. The van der Waals surface area contributed by atoms with E-state index in [9.17, 15) is 0 Å². The molecule has 2 aromatic rings. The quantitative estimate of drug-likeness (QED) is 0.478. The Labute approximate surface area is 187 Å². The highest BCUT2D eigenvalue weighted by molar-refractivity contribution is 5.87. The summed E-state index contributed by atoms with van der Waals surface area (Å²) in [7, 11) is 2.02. The molecule has 0 amide bonds. The van der Waals surface area contributed by atoms with Gasteiger partial charge in [-0.2, -0.15) is 0 Å². The van der Waals surface area contributed by atoms with E-state index in [1.165, 1.54) is 31.7 Å². The van der Waals surface area contributed by atoms with Crippen LogP contribution >= 0.6 is 0 Å². The number of rotatable bonds is 11. The van der Waals surface area contributed by atoms with Crippen molar-refractivity contribution in [1.82, 2.24) is 20.1 Å². The Kier molecular flexibility index (Phi) is 8.51. The number of likely N-dealkylation sites (N-methyl/N-ethyl adjacent to an activating group) is 2. The third-order valence-corrected chi connectivity index (χ3v) is 6.05. The number of fused-ring (bicyclic) bond motifs is 1. The summed E-state index contributed by atoms with van der Waals surface area (Å²) in [4.78, 5) is 12.0. The Hall–Kier alpha value is -2.35. The first kappa shape index (κ1) is 23.3. The molecule has 7 heteroatoms. The van der Waals surface area contributed by atoms with Crippen molar-refractivity contribution in [1.29, 1.82) is 0 Å². The number of hydrogen-bond donors (Lipinski definition) is 3. The summed E-state index contributed by atoms with van der Waals surface area (Å²) in [6.45, 7) is 17.9. The average Bonchev–Trinajstić information content (AvgIpc) is 2.77. The zero-order chi connectivity index (χ0) is 22.2. The van der Waals surface area contributed by atoms with Crippen LogP contribution in [0.15, 0.2) is 36.7 Å². The molecule has 0 unspecified atom stereocenters. The van der Waals surface area contributed by atoms with Crippen molar-refractivity contribution >= 4 is 22.4 Å². The van der Waals surface area contributed by atoms with E-state index < -0.39 is 0 Å². The van der Waals surface area contributed by atoms with Crippen LogP contribution in [-0.4, -0.2) is 80.7 Å². The van der Waals surface area contributed by atoms with Crippen molar-refractivity contribution in [2.45, 2.75) is 20.3 Å². The summed E-state index contributed by atoms with van der Waals surface area (Å²) in [5.41, 5.74) is 8.90. The lowest BCUT2D eigenvalue weighted by Gasteiger charge is -2.34. The van der Waals surface area contributed by atoms with Crippen LogP contribution in [0.25, 0.3) is 10.9 Å². The van der Waals surface area contributed by atoms with Crippen molar-refractivity contribution in [3.63, 3.8) is 0 Å². The Morgan fingerprint density at radius 1 is 1.19 bits per heavy atom. The van der Waals surface area contributed by atoms with Crippen molar-refractivity contribution < 1.29 is 0 Å². The molecule has 1 aromatic carbocycles. The minimum absolute atomic E-state index is 0.614. The van der Waals surface area contributed by atoms with Crippen LogP contribution in [0.4, 0.5) is 11.5 Å². The number of aromatic nitrogens is 1. The van der Waals surface area contributed by atoms with Gasteiger partial charge < -0.3 is 31.1 Å². The minimum Gasteiger partial charge on any atom is -0.372 e. The van der Waals surface area contributed by atoms with E-state index in [1.807, 2.05) is 7.05 Å². The van der Waals surface area contributed by atoms with E-state index in [-0.39, 0.29) is 0 Å². The normalized spacial score (nSPS) is 15.2. The van der Waals surface area contributed by atoms with Gasteiger partial charge in [0, 0.05) is 63.9 Å². The fraction of sp³-hybridized carbons (Fsp3) is 0.542. The van der Waals surface area contributed by atoms with E-state index in [0.717, 1.165) is 60.8 Å². The molecule has 0 saturated carbocycles. The number of benzene rings is 1. The average molecular weight is 426 g/mol. The number of anilines is 2. The number of pyridine rings is 1. The molecule has 7 nitrogen and oxygen atoms in total. The topological polar surface area (TPSA) is 72.7 Å². The van der Waals surface area contributed by atoms with Crippen LogP contribution in [-0.2, 0) is 0 Å². The zero-order valence-electron chi connectivity index (χ0n) is 19.5. The van der Waals surface area contributed by atoms with Crippen molar-refractivity contribution in [3.8, 4) is 0 Å². The molecule has 0 aliphatic carbocycles. The lowest BCUT2D eigenvalue weighted by Crippen LogP contribution is -2.46. The van der Waals surface area contributed by atoms with Gasteiger partial charge in [0.1, 0.15) is 5.82 Å². The highest BCUT2D eigenvalue weighted by Crippen LogP contribution is 2.25. The summed E-state index contributed by atoms with van der Waals surface area (Å²) in [6, 6.07) is 8.38. The Morgan fingerprint density at radius 2 is 1.94 bits per heavy atom. The van der Waals surface area contributed by atoms with Gasteiger partial charge in [-0.15, -0.1) is 0 Å². The van der Waals surface area contributed by atoms with Gasteiger partial charge in [-0.3, -0.25) is 0 Å². The van der Waals surface area contributed by atoms with Crippen LogP contribution in [0.2, 0.25) is 0 Å². The van der Waals surface area contributed by atoms with Crippen LogP contribution in [0.5, 0.6) is 0 Å². The van der Waals surface area contributed by atoms with Crippen LogP contribution in [0.3, 0.4) is 0 Å².